The number of aliphatic hydroxyl groups is 1. The normalized spacial score (nSPS) is 16.8. The van der Waals surface area contributed by atoms with Crippen molar-refractivity contribution in [3.8, 4) is 0 Å². The number of nitrogens with zero attached hydrogens (tertiary/aromatic N) is 6. The molecule has 0 amide bonds. The molecule has 0 aliphatic heterocycles. The lowest BCUT2D eigenvalue weighted by Gasteiger charge is -2.02. The molecular formula is C11H15BrN6O. The van der Waals surface area contributed by atoms with Crippen LogP contribution < -0.4 is 0 Å². The zero-order valence-electron chi connectivity index (χ0n) is 10.6. The number of hydrogen-bond donors (Lipinski definition) is 1. The van der Waals surface area contributed by atoms with Crippen LogP contribution >= 0.6 is 15.9 Å². The van der Waals surface area contributed by atoms with Crippen LogP contribution in [0, 0.1) is 5.92 Å². The lowest BCUT2D eigenvalue weighted by molar-refractivity contribution is 0.144. The molecule has 1 N–H and O–H groups in total. The molecule has 0 saturated heterocycles. The molecule has 0 aromatic carbocycles. The Labute approximate surface area is 118 Å². The summed E-state index contributed by atoms with van der Waals surface area (Å²) in [6, 6.07) is 0. The van der Waals surface area contributed by atoms with Crippen molar-refractivity contribution < 1.29 is 5.11 Å². The van der Waals surface area contributed by atoms with Gasteiger partial charge in [0.25, 0.3) is 0 Å². The third-order valence-electron chi connectivity index (χ3n) is 3.16. The Morgan fingerprint density at radius 1 is 1.42 bits per heavy atom. The molecule has 0 radical (unpaired) electrons. The summed E-state index contributed by atoms with van der Waals surface area (Å²) in [6.07, 6.45) is 3.22. The summed E-state index contributed by atoms with van der Waals surface area (Å²) in [5, 5.41) is 22.8. The first-order chi connectivity index (χ1) is 9.17. The molecule has 8 heteroatoms. The number of aliphatic hydroxyl groups excluding tert-OH is 1. The van der Waals surface area contributed by atoms with Crippen molar-refractivity contribution in [1.29, 1.82) is 0 Å². The van der Waals surface area contributed by atoms with Crippen molar-refractivity contribution >= 4 is 15.9 Å². The van der Waals surface area contributed by atoms with E-state index < -0.39 is 6.10 Å². The van der Waals surface area contributed by atoms with Gasteiger partial charge in [-0.1, -0.05) is 0 Å². The fourth-order valence-corrected chi connectivity index (χ4v) is 2.29. The van der Waals surface area contributed by atoms with Gasteiger partial charge in [-0.15, -0.1) is 5.10 Å². The highest BCUT2D eigenvalue weighted by Crippen LogP contribution is 2.39. The third kappa shape index (κ3) is 2.69. The van der Waals surface area contributed by atoms with Gasteiger partial charge < -0.3 is 5.11 Å². The minimum absolute atomic E-state index is 0.337. The molecule has 1 atom stereocenters. The zero-order valence-corrected chi connectivity index (χ0v) is 12.2. The zero-order chi connectivity index (χ0) is 13.4. The molecule has 7 nitrogen and oxygen atoms in total. The highest BCUT2D eigenvalue weighted by atomic mass is 79.9. The second-order valence-electron chi connectivity index (χ2n) is 4.71. The van der Waals surface area contributed by atoms with E-state index in [1.54, 1.807) is 15.8 Å². The minimum Gasteiger partial charge on any atom is -0.385 e. The standard InChI is InChI=1S/C11H15BrN6O/c1-2-18-14-8(10(12)15-18)5-17-6-13-11(16-17)9(19)7-3-4-7/h6-7,9,19H,2-5H2,1H3. The molecule has 2 aromatic rings. The van der Waals surface area contributed by atoms with E-state index in [0.717, 1.165) is 25.1 Å². The minimum atomic E-state index is -0.531. The first kappa shape index (κ1) is 12.7. The van der Waals surface area contributed by atoms with Crippen LogP contribution in [0.4, 0.5) is 0 Å². The van der Waals surface area contributed by atoms with Crippen molar-refractivity contribution in [3.05, 3.63) is 22.4 Å². The SMILES string of the molecule is CCn1nc(Br)c(Cn2cnc(C(O)C3CC3)n2)n1. The van der Waals surface area contributed by atoms with Crippen LogP contribution in [0.15, 0.2) is 10.9 Å². The van der Waals surface area contributed by atoms with Crippen molar-refractivity contribution in [2.24, 2.45) is 5.92 Å². The summed E-state index contributed by atoms with van der Waals surface area (Å²) in [6.45, 7) is 3.20. The van der Waals surface area contributed by atoms with Gasteiger partial charge in [0, 0.05) is 0 Å². The van der Waals surface area contributed by atoms with E-state index in [4.69, 9.17) is 0 Å². The monoisotopic (exact) mass is 326 g/mol. The van der Waals surface area contributed by atoms with Crippen molar-refractivity contribution in [2.75, 3.05) is 0 Å². The number of aryl methyl sites for hydroxylation is 1. The Balaban J connectivity index is 1.73. The van der Waals surface area contributed by atoms with Crippen LogP contribution in [0.3, 0.4) is 0 Å². The number of halogens is 1. The maximum Gasteiger partial charge on any atom is 0.179 e. The summed E-state index contributed by atoms with van der Waals surface area (Å²) < 4.78 is 2.39. The highest BCUT2D eigenvalue weighted by molar-refractivity contribution is 9.10. The van der Waals surface area contributed by atoms with Crippen molar-refractivity contribution in [3.63, 3.8) is 0 Å². The number of aromatic nitrogens is 6. The Hall–Kier alpha value is -1.28. The predicted molar refractivity (Wildman–Crippen MR) is 70.2 cm³/mol. The van der Waals surface area contributed by atoms with Gasteiger partial charge in [-0.25, -0.2) is 9.67 Å². The molecule has 1 fully saturated rings. The maximum atomic E-state index is 9.96. The Morgan fingerprint density at radius 3 is 2.84 bits per heavy atom. The lowest BCUT2D eigenvalue weighted by Crippen LogP contribution is -2.06. The van der Waals surface area contributed by atoms with Crippen LogP contribution in [-0.4, -0.2) is 34.9 Å². The van der Waals surface area contributed by atoms with Crippen LogP contribution in [0.1, 0.15) is 37.4 Å². The molecule has 1 saturated carbocycles. The summed E-state index contributed by atoms with van der Waals surface area (Å²) in [5.41, 5.74) is 0.805. The average molecular weight is 327 g/mol. The van der Waals surface area contributed by atoms with Gasteiger partial charge in [0.05, 0.1) is 13.1 Å². The predicted octanol–water partition coefficient (Wildman–Crippen LogP) is 1.14. The van der Waals surface area contributed by atoms with Gasteiger partial charge in [-0.2, -0.15) is 15.0 Å². The van der Waals surface area contributed by atoms with Gasteiger partial charge >= 0.3 is 0 Å². The molecule has 1 unspecified atom stereocenters. The second-order valence-corrected chi connectivity index (χ2v) is 5.46. The van der Waals surface area contributed by atoms with Crippen molar-refractivity contribution in [1.82, 2.24) is 29.8 Å². The third-order valence-corrected chi connectivity index (χ3v) is 3.78. The van der Waals surface area contributed by atoms with Crippen LogP contribution in [0.5, 0.6) is 0 Å². The number of rotatable bonds is 5. The fraction of sp³-hybridized carbons (Fsp3) is 0.636. The molecule has 1 aliphatic carbocycles. The van der Waals surface area contributed by atoms with Crippen LogP contribution in [0.25, 0.3) is 0 Å². The molecule has 0 spiro atoms. The first-order valence-corrected chi connectivity index (χ1v) is 7.13. The fourth-order valence-electron chi connectivity index (χ4n) is 1.90. The summed E-state index contributed by atoms with van der Waals surface area (Å²) in [4.78, 5) is 5.78. The quantitative estimate of drug-likeness (QED) is 0.891. The highest BCUT2D eigenvalue weighted by Gasteiger charge is 2.33. The lowest BCUT2D eigenvalue weighted by atomic mass is 10.2. The van der Waals surface area contributed by atoms with E-state index >= 15 is 0 Å². The molecular weight excluding hydrogens is 312 g/mol. The van der Waals surface area contributed by atoms with Gasteiger partial charge in [-0.3, -0.25) is 0 Å². The molecule has 19 heavy (non-hydrogen) atoms. The topological polar surface area (TPSA) is 81.7 Å². The van der Waals surface area contributed by atoms with Gasteiger partial charge in [0.2, 0.25) is 0 Å². The Morgan fingerprint density at radius 2 is 2.21 bits per heavy atom. The van der Waals surface area contributed by atoms with E-state index in [0.29, 0.717) is 22.9 Å². The molecule has 0 bridgehead atoms. The molecule has 3 rings (SSSR count). The summed E-state index contributed by atoms with van der Waals surface area (Å²) in [7, 11) is 0. The maximum absolute atomic E-state index is 9.96. The van der Waals surface area contributed by atoms with E-state index in [9.17, 15) is 5.11 Å². The molecule has 2 heterocycles. The van der Waals surface area contributed by atoms with Crippen LogP contribution in [0.2, 0.25) is 0 Å². The van der Waals surface area contributed by atoms with Gasteiger partial charge in [0.1, 0.15) is 18.1 Å². The molecule has 2 aromatic heterocycles. The van der Waals surface area contributed by atoms with E-state index in [2.05, 4.69) is 36.2 Å². The van der Waals surface area contributed by atoms with Gasteiger partial charge in [-0.05, 0) is 41.6 Å². The van der Waals surface area contributed by atoms with Gasteiger partial charge in [0.15, 0.2) is 10.4 Å². The first-order valence-electron chi connectivity index (χ1n) is 6.34. The Kier molecular flexibility index (Phi) is 3.36. The molecule has 102 valence electrons. The van der Waals surface area contributed by atoms with E-state index in [1.165, 1.54) is 0 Å². The smallest absolute Gasteiger partial charge is 0.179 e. The summed E-state index contributed by atoms with van der Waals surface area (Å²) >= 11 is 3.38. The average Bonchev–Trinajstić information content (AvgIpc) is 3.06. The van der Waals surface area contributed by atoms with E-state index in [-0.39, 0.29) is 0 Å². The van der Waals surface area contributed by atoms with E-state index in [1.807, 2.05) is 6.92 Å². The largest absolute Gasteiger partial charge is 0.385 e. The molecule has 1 aliphatic rings. The Bertz CT molecular complexity index is 576. The van der Waals surface area contributed by atoms with Crippen molar-refractivity contribution in [2.45, 2.75) is 39.0 Å². The summed E-state index contributed by atoms with van der Waals surface area (Å²) in [5.74, 6) is 0.838. The number of hydrogen-bond acceptors (Lipinski definition) is 5. The second kappa shape index (κ2) is 5.01. The van der Waals surface area contributed by atoms with Crippen LogP contribution in [-0.2, 0) is 13.1 Å².